The van der Waals surface area contributed by atoms with Crippen LogP contribution in [0.2, 0.25) is 0 Å². The molecule has 6 nitrogen and oxygen atoms in total. The maximum Gasteiger partial charge on any atom is 0.317 e. The number of nitrogens with zero attached hydrogens (tertiary/aromatic N) is 1. The smallest absolute Gasteiger partial charge is 0.317 e. The summed E-state index contributed by atoms with van der Waals surface area (Å²) < 4.78 is 5.07. The van der Waals surface area contributed by atoms with Crippen molar-refractivity contribution in [3.05, 3.63) is 0 Å². The molecule has 1 aliphatic heterocycles. The highest BCUT2D eigenvalue weighted by Crippen LogP contribution is 2.22. The van der Waals surface area contributed by atoms with E-state index in [0.717, 1.165) is 6.42 Å². The zero-order valence-corrected chi connectivity index (χ0v) is 13.5. The molecule has 2 unspecified atom stereocenters. The number of ether oxygens (including phenoxy) is 1. The first kappa shape index (κ1) is 17.8. The van der Waals surface area contributed by atoms with Gasteiger partial charge in [0.15, 0.2) is 0 Å². The molecule has 0 radical (unpaired) electrons. The minimum absolute atomic E-state index is 0.0424. The van der Waals surface area contributed by atoms with Crippen molar-refractivity contribution >= 4 is 12.0 Å². The van der Waals surface area contributed by atoms with Crippen LogP contribution in [0.3, 0.4) is 0 Å². The molecule has 0 bridgehead atoms. The van der Waals surface area contributed by atoms with Crippen LogP contribution in [0, 0.1) is 17.3 Å². The van der Waals surface area contributed by atoms with Gasteiger partial charge in [-0.15, -0.1) is 0 Å². The summed E-state index contributed by atoms with van der Waals surface area (Å²) in [4.78, 5) is 25.0. The number of carbonyl (C=O) groups is 2. The second kappa shape index (κ2) is 7.64. The number of likely N-dealkylation sites (tertiary alicyclic amines) is 1. The van der Waals surface area contributed by atoms with Gasteiger partial charge in [-0.05, 0) is 24.2 Å². The van der Waals surface area contributed by atoms with Crippen molar-refractivity contribution in [2.45, 2.75) is 33.6 Å². The van der Waals surface area contributed by atoms with Crippen molar-refractivity contribution in [2.75, 3.05) is 33.4 Å². The molecule has 0 aromatic rings. The molecule has 2 atom stereocenters. The number of amides is 2. The molecule has 0 aromatic heterocycles. The number of hydrogen-bond donors (Lipinski definition) is 2. The fourth-order valence-corrected chi connectivity index (χ4v) is 2.59. The fraction of sp³-hybridized carbons (Fsp3) is 0.867. The van der Waals surface area contributed by atoms with Gasteiger partial charge in [0.05, 0.1) is 5.92 Å². The Morgan fingerprint density at radius 3 is 2.62 bits per heavy atom. The van der Waals surface area contributed by atoms with E-state index in [2.05, 4.69) is 19.2 Å². The molecule has 1 fully saturated rings. The standard InChI is InChI=1S/C15H28N2O4/c1-11-7-12(13(18)19)9-17(8-11)14(20)16-10-15(2,3)5-6-21-4/h11-12H,5-10H2,1-4H3,(H,16,20)(H,18,19). The molecule has 0 saturated carbocycles. The third kappa shape index (κ3) is 5.91. The molecule has 1 rings (SSSR count). The molecular weight excluding hydrogens is 272 g/mol. The maximum absolute atomic E-state index is 12.2. The van der Waals surface area contributed by atoms with E-state index in [0.29, 0.717) is 32.7 Å². The largest absolute Gasteiger partial charge is 0.481 e. The third-order valence-electron chi connectivity index (χ3n) is 4.00. The SMILES string of the molecule is COCCC(C)(C)CNC(=O)N1CC(C)CC(C(=O)O)C1. The van der Waals surface area contributed by atoms with Gasteiger partial charge in [0.25, 0.3) is 0 Å². The lowest BCUT2D eigenvalue weighted by Gasteiger charge is -2.35. The van der Waals surface area contributed by atoms with E-state index in [9.17, 15) is 9.59 Å². The lowest BCUT2D eigenvalue weighted by Crippen LogP contribution is -2.50. The van der Waals surface area contributed by atoms with Crippen LogP contribution >= 0.6 is 0 Å². The predicted molar refractivity (Wildman–Crippen MR) is 80.2 cm³/mol. The van der Waals surface area contributed by atoms with E-state index in [4.69, 9.17) is 9.84 Å². The summed E-state index contributed by atoms with van der Waals surface area (Å²) in [5, 5.41) is 12.1. The molecule has 0 aromatic carbocycles. The molecule has 2 amide bonds. The van der Waals surface area contributed by atoms with Gasteiger partial charge in [-0.25, -0.2) is 4.79 Å². The average Bonchev–Trinajstić information content (AvgIpc) is 2.42. The van der Waals surface area contributed by atoms with Crippen LogP contribution in [0.5, 0.6) is 0 Å². The van der Waals surface area contributed by atoms with E-state index >= 15 is 0 Å². The number of rotatable bonds is 6. The van der Waals surface area contributed by atoms with Gasteiger partial charge in [0.2, 0.25) is 0 Å². The summed E-state index contributed by atoms with van der Waals surface area (Å²) in [7, 11) is 1.66. The zero-order valence-electron chi connectivity index (χ0n) is 13.5. The zero-order chi connectivity index (χ0) is 16.0. The number of carboxylic acids is 1. The van der Waals surface area contributed by atoms with E-state index in [1.165, 1.54) is 0 Å². The van der Waals surface area contributed by atoms with Crippen LogP contribution in [0.4, 0.5) is 4.79 Å². The van der Waals surface area contributed by atoms with Gasteiger partial charge in [-0.1, -0.05) is 20.8 Å². The summed E-state index contributed by atoms with van der Waals surface area (Å²) >= 11 is 0. The minimum atomic E-state index is -0.820. The highest BCUT2D eigenvalue weighted by molar-refractivity contribution is 5.76. The number of urea groups is 1. The predicted octanol–water partition coefficient (Wildman–Crippen LogP) is 1.80. The van der Waals surface area contributed by atoms with E-state index in [-0.39, 0.29) is 17.4 Å². The maximum atomic E-state index is 12.2. The molecule has 0 spiro atoms. The number of methoxy groups -OCH3 is 1. The normalized spacial score (nSPS) is 23.0. The first-order chi connectivity index (χ1) is 9.75. The summed E-state index contributed by atoms with van der Waals surface area (Å²) in [6, 6.07) is -0.168. The number of piperidine rings is 1. The van der Waals surface area contributed by atoms with Crippen LogP contribution in [-0.2, 0) is 9.53 Å². The number of aliphatic carboxylic acids is 1. The number of carboxylic acid groups (broad SMARTS) is 1. The lowest BCUT2D eigenvalue weighted by atomic mass is 9.89. The molecule has 6 heteroatoms. The molecule has 122 valence electrons. The summed E-state index contributed by atoms with van der Waals surface area (Å²) in [5.74, 6) is -1.06. The Kier molecular flexibility index (Phi) is 6.45. The summed E-state index contributed by atoms with van der Waals surface area (Å²) in [6.07, 6.45) is 1.50. The average molecular weight is 300 g/mol. The van der Waals surface area contributed by atoms with Crippen molar-refractivity contribution in [3.8, 4) is 0 Å². The molecule has 0 aliphatic carbocycles. The van der Waals surface area contributed by atoms with Crippen LogP contribution in [0.1, 0.15) is 33.6 Å². The third-order valence-corrected chi connectivity index (χ3v) is 4.00. The van der Waals surface area contributed by atoms with Crippen LogP contribution in [0.15, 0.2) is 0 Å². The molecule has 21 heavy (non-hydrogen) atoms. The summed E-state index contributed by atoms with van der Waals surface area (Å²) in [5.41, 5.74) is -0.0424. The van der Waals surface area contributed by atoms with Crippen molar-refractivity contribution in [3.63, 3.8) is 0 Å². The first-order valence-electron chi connectivity index (χ1n) is 7.49. The Morgan fingerprint density at radius 2 is 2.05 bits per heavy atom. The van der Waals surface area contributed by atoms with E-state index < -0.39 is 11.9 Å². The Balaban J connectivity index is 2.49. The fourth-order valence-electron chi connectivity index (χ4n) is 2.59. The minimum Gasteiger partial charge on any atom is -0.481 e. The number of nitrogens with one attached hydrogen (secondary N) is 1. The summed E-state index contributed by atoms with van der Waals surface area (Å²) in [6.45, 7) is 8.26. The van der Waals surface area contributed by atoms with Crippen LogP contribution in [0.25, 0.3) is 0 Å². The molecule has 1 saturated heterocycles. The van der Waals surface area contributed by atoms with Crippen molar-refractivity contribution in [2.24, 2.45) is 17.3 Å². The topological polar surface area (TPSA) is 78.9 Å². The Bertz CT molecular complexity index is 371. The van der Waals surface area contributed by atoms with Gasteiger partial charge in [-0.2, -0.15) is 0 Å². The molecular formula is C15H28N2O4. The van der Waals surface area contributed by atoms with Crippen molar-refractivity contribution < 1.29 is 19.4 Å². The highest BCUT2D eigenvalue weighted by Gasteiger charge is 2.32. The van der Waals surface area contributed by atoms with Crippen molar-refractivity contribution in [1.29, 1.82) is 0 Å². The first-order valence-corrected chi connectivity index (χ1v) is 7.49. The van der Waals surface area contributed by atoms with Crippen LogP contribution < -0.4 is 5.32 Å². The highest BCUT2D eigenvalue weighted by atomic mass is 16.5. The second-order valence-electron chi connectivity index (χ2n) is 6.85. The molecule has 1 aliphatic rings. The Hall–Kier alpha value is -1.30. The van der Waals surface area contributed by atoms with Crippen molar-refractivity contribution in [1.82, 2.24) is 10.2 Å². The Morgan fingerprint density at radius 1 is 1.38 bits per heavy atom. The molecule has 2 N–H and O–H groups in total. The van der Waals surface area contributed by atoms with E-state index in [1.807, 2.05) is 6.92 Å². The molecule has 1 heterocycles. The van der Waals surface area contributed by atoms with E-state index in [1.54, 1.807) is 12.0 Å². The van der Waals surface area contributed by atoms with Gasteiger partial charge in [0, 0.05) is 33.4 Å². The quantitative estimate of drug-likeness (QED) is 0.784. The monoisotopic (exact) mass is 300 g/mol. The second-order valence-corrected chi connectivity index (χ2v) is 6.85. The Labute approximate surface area is 126 Å². The van der Waals surface area contributed by atoms with Gasteiger partial charge < -0.3 is 20.1 Å². The van der Waals surface area contributed by atoms with Gasteiger partial charge in [-0.3, -0.25) is 4.79 Å². The van der Waals surface area contributed by atoms with Gasteiger partial charge in [0.1, 0.15) is 0 Å². The van der Waals surface area contributed by atoms with Gasteiger partial charge >= 0.3 is 12.0 Å². The lowest BCUT2D eigenvalue weighted by molar-refractivity contribution is -0.143. The number of carbonyl (C=O) groups excluding carboxylic acids is 1. The van der Waals surface area contributed by atoms with Crippen LogP contribution in [-0.4, -0.2) is 55.4 Å². The number of hydrogen-bond acceptors (Lipinski definition) is 3.